The van der Waals surface area contributed by atoms with Gasteiger partial charge in [0.15, 0.2) is 0 Å². The summed E-state index contributed by atoms with van der Waals surface area (Å²) in [5.41, 5.74) is 1.34. The van der Waals surface area contributed by atoms with Crippen LogP contribution in [0.25, 0.3) is 0 Å². The highest BCUT2D eigenvalue weighted by molar-refractivity contribution is 9.10. The molecule has 4 heteroatoms. The summed E-state index contributed by atoms with van der Waals surface area (Å²) in [5, 5.41) is 5.40. The minimum atomic E-state index is 0.402. The summed E-state index contributed by atoms with van der Waals surface area (Å²) < 4.78 is 1.22. The maximum Gasteiger partial charge on any atom is 0.0337 e. The third kappa shape index (κ3) is 3.60. The second kappa shape index (κ2) is 6.75. The van der Waals surface area contributed by atoms with Crippen LogP contribution in [0.15, 0.2) is 45.1 Å². The number of thioether (sulfide) groups is 1. The summed E-state index contributed by atoms with van der Waals surface area (Å²) in [7, 11) is 1.99. The molecule has 2 aromatic rings. The standard InChI is InChI=1S/C14H16BrNS2/c1-10(16-2)11-4-3-5-12(8-11)18-9-14-13(15)6-7-17-14/h3-8,10,16H,9H2,1-2H3. The predicted octanol–water partition coefficient (Wildman–Crippen LogP) is 5.08. The number of thiophene rings is 1. The molecule has 1 aromatic heterocycles. The van der Waals surface area contributed by atoms with Gasteiger partial charge in [0, 0.05) is 26.0 Å². The Morgan fingerprint density at radius 2 is 2.22 bits per heavy atom. The summed E-state index contributed by atoms with van der Waals surface area (Å²) in [6.07, 6.45) is 0. The molecule has 0 aliphatic heterocycles. The average molecular weight is 342 g/mol. The molecular weight excluding hydrogens is 326 g/mol. The van der Waals surface area contributed by atoms with E-state index in [1.54, 1.807) is 11.3 Å². The fraction of sp³-hybridized carbons (Fsp3) is 0.286. The van der Waals surface area contributed by atoms with Crippen LogP contribution in [0.1, 0.15) is 23.4 Å². The van der Waals surface area contributed by atoms with Crippen molar-refractivity contribution in [1.29, 1.82) is 0 Å². The molecule has 0 saturated carbocycles. The number of halogens is 1. The fourth-order valence-corrected chi connectivity index (χ4v) is 4.38. The third-order valence-corrected chi connectivity index (χ3v) is 5.98. The largest absolute Gasteiger partial charge is 0.313 e. The van der Waals surface area contributed by atoms with E-state index in [2.05, 4.69) is 63.9 Å². The molecule has 0 spiro atoms. The lowest BCUT2D eigenvalue weighted by molar-refractivity contribution is 0.651. The molecule has 0 amide bonds. The Balaban J connectivity index is 2.04. The van der Waals surface area contributed by atoms with E-state index >= 15 is 0 Å². The van der Waals surface area contributed by atoms with Crippen LogP contribution in [0.2, 0.25) is 0 Å². The van der Waals surface area contributed by atoms with Crippen LogP contribution in [0.3, 0.4) is 0 Å². The first kappa shape index (κ1) is 14.1. The molecule has 0 fully saturated rings. The van der Waals surface area contributed by atoms with Gasteiger partial charge in [0.05, 0.1) is 0 Å². The molecule has 96 valence electrons. The van der Waals surface area contributed by atoms with Crippen molar-refractivity contribution in [3.05, 3.63) is 50.6 Å². The summed E-state index contributed by atoms with van der Waals surface area (Å²) in [6.45, 7) is 2.18. The molecule has 0 aliphatic carbocycles. The maximum atomic E-state index is 3.58. The molecule has 1 N–H and O–H groups in total. The second-order valence-electron chi connectivity index (χ2n) is 4.06. The molecule has 0 aliphatic rings. The highest BCUT2D eigenvalue weighted by Crippen LogP contribution is 2.31. The first-order valence-electron chi connectivity index (χ1n) is 5.82. The first-order chi connectivity index (χ1) is 8.70. The van der Waals surface area contributed by atoms with Crippen molar-refractivity contribution in [3.8, 4) is 0 Å². The predicted molar refractivity (Wildman–Crippen MR) is 85.5 cm³/mol. The number of hydrogen-bond donors (Lipinski definition) is 1. The van der Waals surface area contributed by atoms with Gasteiger partial charge in [-0.15, -0.1) is 23.1 Å². The van der Waals surface area contributed by atoms with E-state index in [0.29, 0.717) is 6.04 Å². The highest BCUT2D eigenvalue weighted by atomic mass is 79.9. The number of rotatable bonds is 5. The zero-order chi connectivity index (χ0) is 13.0. The van der Waals surface area contributed by atoms with Gasteiger partial charge in [-0.05, 0) is 59.0 Å². The molecule has 18 heavy (non-hydrogen) atoms. The van der Waals surface area contributed by atoms with Gasteiger partial charge in [0.25, 0.3) is 0 Å². The monoisotopic (exact) mass is 341 g/mol. The van der Waals surface area contributed by atoms with Crippen LogP contribution in [-0.4, -0.2) is 7.05 Å². The molecule has 2 rings (SSSR count). The van der Waals surface area contributed by atoms with Crippen LogP contribution >= 0.6 is 39.0 Å². The minimum Gasteiger partial charge on any atom is -0.313 e. The van der Waals surface area contributed by atoms with Gasteiger partial charge in [-0.3, -0.25) is 0 Å². The Morgan fingerprint density at radius 3 is 2.89 bits per heavy atom. The molecule has 1 nitrogen and oxygen atoms in total. The smallest absolute Gasteiger partial charge is 0.0337 e. The molecule has 0 radical (unpaired) electrons. The number of hydrogen-bond acceptors (Lipinski definition) is 3. The van der Waals surface area contributed by atoms with Crippen molar-refractivity contribution in [3.63, 3.8) is 0 Å². The van der Waals surface area contributed by atoms with E-state index in [-0.39, 0.29) is 0 Å². The number of nitrogens with one attached hydrogen (secondary N) is 1. The molecular formula is C14H16BrNS2. The van der Waals surface area contributed by atoms with Crippen molar-refractivity contribution in [2.75, 3.05) is 7.05 Å². The van der Waals surface area contributed by atoms with Gasteiger partial charge in [-0.1, -0.05) is 12.1 Å². The van der Waals surface area contributed by atoms with Crippen molar-refractivity contribution >= 4 is 39.0 Å². The quantitative estimate of drug-likeness (QED) is 0.760. The van der Waals surface area contributed by atoms with Gasteiger partial charge in [-0.25, -0.2) is 0 Å². The van der Waals surface area contributed by atoms with Crippen molar-refractivity contribution in [2.24, 2.45) is 0 Å². The molecule has 1 unspecified atom stereocenters. The fourth-order valence-electron chi connectivity index (χ4n) is 1.62. The molecule has 1 aromatic carbocycles. The maximum absolute atomic E-state index is 3.58. The van der Waals surface area contributed by atoms with Crippen molar-refractivity contribution in [1.82, 2.24) is 5.32 Å². The summed E-state index contributed by atoms with van der Waals surface area (Å²) >= 11 is 7.27. The van der Waals surface area contributed by atoms with E-state index < -0.39 is 0 Å². The first-order valence-corrected chi connectivity index (χ1v) is 8.48. The zero-order valence-corrected chi connectivity index (χ0v) is 13.7. The molecule has 0 bridgehead atoms. The van der Waals surface area contributed by atoms with E-state index in [1.807, 2.05) is 18.8 Å². The van der Waals surface area contributed by atoms with E-state index in [9.17, 15) is 0 Å². The normalized spacial score (nSPS) is 12.6. The third-order valence-electron chi connectivity index (χ3n) is 2.85. The Labute approximate surface area is 125 Å². The Hall–Kier alpha value is -0.290. The lowest BCUT2D eigenvalue weighted by Crippen LogP contribution is -2.11. The SMILES string of the molecule is CNC(C)c1cccc(SCc2sccc2Br)c1. The van der Waals surface area contributed by atoms with E-state index in [4.69, 9.17) is 0 Å². The zero-order valence-electron chi connectivity index (χ0n) is 10.4. The van der Waals surface area contributed by atoms with Crippen LogP contribution < -0.4 is 5.32 Å². The van der Waals surface area contributed by atoms with Crippen molar-refractivity contribution in [2.45, 2.75) is 23.6 Å². The van der Waals surface area contributed by atoms with Crippen LogP contribution in [0, 0.1) is 0 Å². The minimum absolute atomic E-state index is 0.402. The van der Waals surface area contributed by atoms with Crippen LogP contribution in [0.5, 0.6) is 0 Å². The van der Waals surface area contributed by atoms with Crippen molar-refractivity contribution < 1.29 is 0 Å². The molecule has 0 saturated heterocycles. The lowest BCUT2D eigenvalue weighted by atomic mass is 10.1. The topological polar surface area (TPSA) is 12.0 Å². The lowest BCUT2D eigenvalue weighted by Gasteiger charge is -2.11. The Kier molecular flexibility index (Phi) is 5.30. The molecule has 1 atom stereocenters. The molecule has 1 heterocycles. The van der Waals surface area contributed by atoms with Crippen LogP contribution in [0.4, 0.5) is 0 Å². The van der Waals surface area contributed by atoms with Gasteiger partial charge in [-0.2, -0.15) is 0 Å². The summed E-state index contributed by atoms with van der Waals surface area (Å²) in [6, 6.07) is 11.3. The van der Waals surface area contributed by atoms with Crippen LogP contribution in [-0.2, 0) is 5.75 Å². The Morgan fingerprint density at radius 1 is 1.39 bits per heavy atom. The summed E-state index contributed by atoms with van der Waals surface area (Å²) in [5.74, 6) is 1.02. The highest BCUT2D eigenvalue weighted by Gasteiger charge is 2.05. The second-order valence-corrected chi connectivity index (χ2v) is 6.97. The Bertz CT molecular complexity index is 510. The van der Waals surface area contributed by atoms with Gasteiger partial charge in [0.1, 0.15) is 0 Å². The van der Waals surface area contributed by atoms with Gasteiger partial charge >= 0.3 is 0 Å². The van der Waals surface area contributed by atoms with Gasteiger partial charge in [0.2, 0.25) is 0 Å². The van der Waals surface area contributed by atoms with E-state index in [1.165, 1.54) is 19.8 Å². The number of benzene rings is 1. The summed E-state index contributed by atoms with van der Waals surface area (Å²) in [4.78, 5) is 2.72. The average Bonchev–Trinajstić information content (AvgIpc) is 2.81. The van der Waals surface area contributed by atoms with Gasteiger partial charge < -0.3 is 5.32 Å². The van der Waals surface area contributed by atoms with E-state index in [0.717, 1.165) is 5.75 Å².